The lowest BCUT2D eigenvalue weighted by molar-refractivity contribution is 0.102. The van der Waals surface area contributed by atoms with E-state index in [1.54, 1.807) is 12.4 Å². The first-order valence-corrected chi connectivity index (χ1v) is 13.4. The molecule has 0 atom stereocenters. The van der Waals surface area contributed by atoms with Crippen LogP contribution >= 0.6 is 0 Å². The van der Waals surface area contributed by atoms with Crippen LogP contribution in [0, 0.1) is 27.7 Å². The summed E-state index contributed by atoms with van der Waals surface area (Å²) in [6, 6.07) is 18.6. The van der Waals surface area contributed by atoms with E-state index in [2.05, 4.69) is 82.5 Å². The summed E-state index contributed by atoms with van der Waals surface area (Å²) >= 11 is 0. The Kier molecular flexibility index (Phi) is 7.61. The Morgan fingerprint density at radius 1 is 0.795 bits per heavy atom. The van der Waals surface area contributed by atoms with Gasteiger partial charge in [-0.2, -0.15) is 0 Å². The highest BCUT2D eigenvalue weighted by Gasteiger charge is 2.19. The van der Waals surface area contributed by atoms with Gasteiger partial charge in [0.1, 0.15) is 0 Å². The number of aromatic nitrogens is 2. The maximum absolute atomic E-state index is 13.5. The van der Waals surface area contributed by atoms with Gasteiger partial charge in [0.05, 0.1) is 23.6 Å². The molecule has 1 aliphatic rings. The molecule has 7 nitrogen and oxygen atoms in total. The number of benzene rings is 3. The zero-order chi connectivity index (χ0) is 27.5. The summed E-state index contributed by atoms with van der Waals surface area (Å²) in [6.07, 6.45) is 3.26. The number of amides is 1. The van der Waals surface area contributed by atoms with Crippen LogP contribution in [0.2, 0.25) is 0 Å². The average Bonchev–Trinajstić information content (AvgIpc) is 2.90. The van der Waals surface area contributed by atoms with Crippen molar-refractivity contribution in [2.45, 2.75) is 27.7 Å². The maximum Gasteiger partial charge on any atom is 0.256 e. The molecule has 4 aromatic rings. The summed E-state index contributed by atoms with van der Waals surface area (Å²) < 4.78 is 0. The average molecular weight is 521 g/mol. The molecule has 39 heavy (non-hydrogen) atoms. The fourth-order valence-electron chi connectivity index (χ4n) is 5.38. The van der Waals surface area contributed by atoms with Crippen LogP contribution in [0.15, 0.2) is 67.0 Å². The Labute approximate surface area is 230 Å². The van der Waals surface area contributed by atoms with E-state index in [1.165, 1.54) is 11.3 Å². The van der Waals surface area contributed by atoms with E-state index in [0.29, 0.717) is 17.2 Å². The number of piperazine rings is 1. The van der Waals surface area contributed by atoms with Gasteiger partial charge in [-0.25, -0.2) is 9.97 Å². The Balaban J connectivity index is 1.28. The first kappa shape index (κ1) is 26.4. The Morgan fingerprint density at radius 2 is 1.44 bits per heavy atom. The number of rotatable bonds is 6. The van der Waals surface area contributed by atoms with Crippen LogP contribution < -0.4 is 15.5 Å². The zero-order valence-electron chi connectivity index (χ0n) is 23.4. The molecule has 2 N–H and O–H groups in total. The molecule has 0 aliphatic carbocycles. The Morgan fingerprint density at radius 3 is 2.08 bits per heavy atom. The van der Waals surface area contributed by atoms with Crippen LogP contribution in [0.1, 0.15) is 32.6 Å². The standard InChI is InChI=1S/C32H36N6O/c1-21-17-23(3)29(24(4)18-21)28-8-6-7-22(2)30(28)31(39)35-26-19-33-32(34-20-26)36-25-9-11-27(12-10-25)38-15-13-37(5)14-16-38/h6-12,17-20H,13-16H2,1-5H3,(H,35,39)(H,33,34,36). The molecule has 2 heterocycles. The van der Waals surface area contributed by atoms with Gasteiger partial charge in [-0.3, -0.25) is 4.79 Å². The number of nitrogens with one attached hydrogen (secondary N) is 2. The van der Waals surface area contributed by atoms with E-state index in [-0.39, 0.29) is 5.91 Å². The molecule has 1 aromatic heterocycles. The smallest absolute Gasteiger partial charge is 0.256 e. The molecule has 0 spiro atoms. The van der Waals surface area contributed by atoms with E-state index < -0.39 is 0 Å². The molecule has 0 radical (unpaired) electrons. The van der Waals surface area contributed by atoms with Crippen molar-refractivity contribution in [2.24, 2.45) is 0 Å². The molecule has 0 unspecified atom stereocenters. The fourth-order valence-corrected chi connectivity index (χ4v) is 5.38. The van der Waals surface area contributed by atoms with Gasteiger partial charge in [0.15, 0.2) is 0 Å². The van der Waals surface area contributed by atoms with E-state index in [4.69, 9.17) is 0 Å². The molecule has 1 amide bonds. The summed E-state index contributed by atoms with van der Waals surface area (Å²) in [7, 11) is 2.16. The quantitative estimate of drug-likeness (QED) is 0.319. The van der Waals surface area contributed by atoms with Gasteiger partial charge >= 0.3 is 0 Å². The summed E-state index contributed by atoms with van der Waals surface area (Å²) in [5, 5.41) is 6.25. The highest BCUT2D eigenvalue weighted by Crippen LogP contribution is 2.33. The minimum Gasteiger partial charge on any atom is -0.369 e. The number of likely N-dealkylation sites (N-methyl/N-ethyl adjacent to an activating group) is 1. The monoisotopic (exact) mass is 520 g/mol. The third-order valence-corrected chi connectivity index (χ3v) is 7.35. The van der Waals surface area contributed by atoms with E-state index >= 15 is 0 Å². The van der Waals surface area contributed by atoms with Crippen LogP contribution in [0.25, 0.3) is 11.1 Å². The lowest BCUT2D eigenvalue weighted by Gasteiger charge is -2.34. The number of aryl methyl sites for hydroxylation is 4. The molecule has 1 aliphatic heterocycles. The number of hydrogen-bond donors (Lipinski definition) is 2. The molecule has 1 fully saturated rings. The number of hydrogen-bond acceptors (Lipinski definition) is 6. The summed E-state index contributed by atoms with van der Waals surface area (Å²) in [5.41, 5.74) is 9.82. The number of carbonyl (C=O) groups is 1. The predicted molar refractivity (Wildman–Crippen MR) is 160 cm³/mol. The molecular formula is C32H36N6O. The van der Waals surface area contributed by atoms with Crippen LogP contribution in [0.5, 0.6) is 0 Å². The molecule has 5 rings (SSSR count). The highest BCUT2D eigenvalue weighted by atomic mass is 16.1. The van der Waals surface area contributed by atoms with Crippen molar-refractivity contribution < 1.29 is 4.79 Å². The highest BCUT2D eigenvalue weighted by molar-refractivity contribution is 6.10. The van der Waals surface area contributed by atoms with E-state index in [1.807, 2.05) is 37.3 Å². The van der Waals surface area contributed by atoms with Gasteiger partial charge in [-0.15, -0.1) is 0 Å². The summed E-state index contributed by atoms with van der Waals surface area (Å²) in [4.78, 5) is 27.1. The van der Waals surface area contributed by atoms with Gasteiger partial charge < -0.3 is 20.4 Å². The van der Waals surface area contributed by atoms with Crippen molar-refractivity contribution in [1.82, 2.24) is 14.9 Å². The van der Waals surface area contributed by atoms with Crippen molar-refractivity contribution in [3.05, 3.63) is 94.8 Å². The summed E-state index contributed by atoms with van der Waals surface area (Å²) in [5.74, 6) is 0.300. The normalized spacial score (nSPS) is 13.8. The molecule has 3 aromatic carbocycles. The van der Waals surface area contributed by atoms with Gasteiger partial charge in [-0.1, -0.05) is 35.9 Å². The lowest BCUT2D eigenvalue weighted by atomic mass is 9.89. The first-order valence-electron chi connectivity index (χ1n) is 13.4. The molecular weight excluding hydrogens is 484 g/mol. The molecule has 0 bridgehead atoms. The second kappa shape index (κ2) is 11.3. The second-order valence-electron chi connectivity index (χ2n) is 10.5. The van der Waals surface area contributed by atoms with E-state index in [0.717, 1.165) is 59.7 Å². The number of nitrogens with zero attached hydrogens (tertiary/aromatic N) is 4. The third kappa shape index (κ3) is 5.94. The van der Waals surface area contributed by atoms with Crippen LogP contribution in [0.4, 0.5) is 23.0 Å². The zero-order valence-corrected chi connectivity index (χ0v) is 23.4. The Bertz CT molecular complexity index is 1450. The van der Waals surface area contributed by atoms with Crippen LogP contribution in [0.3, 0.4) is 0 Å². The van der Waals surface area contributed by atoms with Crippen LogP contribution in [-0.4, -0.2) is 54.0 Å². The topological polar surface area (TPSA) is 73.4 Å². The van der Waals surface area contributed by atoms with Gasteiger partial charge in [-0.05, 0) is 86.8 Å². The van der Waals surface area contributed by atoms with E-state index in [9.17, 15) is 4.79 Å². The van der Waals surface area contributed by atoms with Crippen LogP contribution in [-0.2, 0) is 0 Å². The molecule has 0 saturated carbocycles. The van der Waals surface area contributed by atoms with Crippen molar-refractivity contribution in [1.29, 1.82) is 0 Å². The second-order valence-corrected chi connectivity index (χ2v) is 10.5. The number of anilines is 4. The lowest BCUT2D eigenvalue weighted by Crippen LogP contribution is -2.44. The third-order valence-electron chi connectivity index (χ3n) is 7.35. The minimum atomic E-state index is -0.175. The fraction of sp³-hybridized carbons (Fsp3) is 0.281. The van der Waals surface area contributed by atoms with Gasteiger partial charge in [0.25, 0.3) is 5.91 Å². The molecule has 7 heteroatoms. The number of carbonyl (C=O) groups excluding carboxylic acids is 1. The van der Waals surface area contributed by atoms with Crippen molar-refractivity contribution >= 4 is 28.9 Å². The minimum absolute atomic E-state index is 0.175. The first-order chi connectivity index (χ1) is 18.8. The Hall–Kier alpha value is -4.23. The van der Waals surface area contributed by atoms with Crippen molar-refractivity contribution in [2.75, 3.05) is 48.8 Å². The summed E-state index contributed by atoms with van der Waals surface area (Å²) in [6.45, 7) is 12.5. The van der Waals surface area contributed by atoms with Gasteiger partial charge in [0, 0.05) is 37.6 Å². The maximum atomic E-state index is 13.5. The van der Waals surface area contributed by atoms with Crippen molar-refractivity contribution in [3.8, 4) is 11.1 Å². The molecule has 200 valence electrons. The largest absolute Gasteiger partial charge is 0.369 e. The predicted octanol–water partition coefficient (Wildman–Crippen LogP) is 6.12. The molecule has 1 saturated heterocycles. The van der Waals surface area contributed by atoms with Crippen molar-refractivity contribution in [3.63, 3.8) is 0 Å². The SMILES string of the molecule is Cc1cc(C)c(-c2cccc(C)c2C(=O)Nc2cnc(Nc3ccc(N4CCN(C)CC4)cc3)nc2)c(C)c1. The van der Waals surface area contributed by atoms with Gasteiger partial charge in [0.2, 0.25) is 5.95 Å².